The van der Waals surface area contributed by atoms with Gasteiger partial charge in [0.1, 0.15) is 17.6 Å². The Kier molecular flexibility index (Phi) is 7.73. The first-order chi connectivity index (χ1) is 21.8. The minimum absolute atomic E-state index is 0.0389. The molecule has 1 saturated carbocycles. The SMILES string of the molecule is NC(=O)C1(NC(=O)[C@@H]2CC3(CC(c4cccc(NC(=O)[C@@H]5CCC(=O)N5)c4)=NO3)CN2C(=O)Cc2ccc(C(F)(F)F)cc2)CC1. The molecule has 12 nitrogen and oxygen atoms in total. The molecule has 1 spiro atoms. The molecule has 0 aromatic heterocycles. The first kappa shape index (κ1) is 31.0. The Balaban J connectivity index is 1.18. The lowest BCUT2D eigenvalue weighted by Gasteiger charge is -2.25. The monoisotopic (exact) mass is 640 g/mol. The van der Waals surface area contributed by atoms with Crippen molar-refractivity contribution < 1.29 is 42.0 Å². The minimum atomic E-state index is -4.53. The number of rotatable bonds is 8. The van der Waals surface area contributed by atoms with E-state index in [1.165, 1.54) is 17.0 Å². The van der Waals surface area contributed by atoms with Crippen LogP contribution in [0.3, 0.4) is 0 Å². The molecule has 46 heavy (non-hydrogen) atoms. The largest absolute Gasteiger partial charge is 0.416 e. The maximum atomic E-state index is 13.6. The zero-order chi connectivity index (χ0) is 32.9. The molecule has 2 aromatic carbocycles. The Bertz CT molecular complexity index is 1640. The summed E-state index contributed by atoms with van der Waals surface area (Å²) in [6.07, 6.45) is -3.13. The molecule has 3 fully saturated rings. The summed E-state index contributed by atoms with van der Waals surface area (Å²) in [5, 5.41) is 12.4. The molecular weight excluding hydrogens is 609 g/mol. The Morgan fingerprint density at radius 3 is 2.46 bits per heavy atom. The Morgan fingerprint density at radius 1 is 1.09 bits per heavy atom. The van der Waals surface area contributed by atoms with E-state index in [0.717, 1.165) is 12.1 Å². The summed E-state index contributed by atoms with van der Waals surface area (Å²) in [5.41, 5.74) is 4.33. The molecule has 1 aliphatic carbocycles. The van der Waals surface area contributed by atoms with Crippen LogP contribution in [0.15, 0.2) is 53.7 Å². The molecule has 2 saturated heterocycles. The van der Waals surface area contributed by atoms with Crippen molar-refractivity contribution in [2.45, 2.75) is 74.3 Å². The number of amides is 5. The number of nitrogens with one attached hydrogen (secondary N) is 3. The van der Waals surface area contributed by atoms with E-state index in [9.17, 15) is 37.1 Å². The number of primary amides is 1. The summed E-state index contributed by atoms with van der Waals surface area (Å²) < 4.78 is 39.1. The van der Waals surface area contributed by atoms with Crippen LogP contribution in [-0.2, 0) is 41.4 Å². The van der Waals surface area contributed by atoms with Crippen molar-refractivity contribution in [2.75, 3.05) is 11.9 Å². The van der Waals surface area contributed by atoms with Gasteiger partial charge in [-0.15, -0.1) is 0 Å². The number of anilines is 1. The number of benzene rings is 2. The van der Waals surface area contributed by atoms with Gasteiger partial charge in [-0.25, -0.2) is 0 Å². The number of carbonyl (C=O) groups is 5. The van der Waals surface area contributed by atoms with Gasteiger partial charge in [-0.3, -0.25) is 24.0 Å². The molecule has 4 aliphatic rings. The summed E-state index contributed by atoms with van der Waals surface area (Å²) in [5.74, 6) is -2.31. The molecule has 5 amide bonds. The number of alkyl halides is 3. The maximum Gasteiger partial charge on any atom is 0.416 e. The van der Waals surface area contributed by atoms with Crippen molar-refractivity contribution in [1.82, 2.24) is 15.5 Å². The van der Waals surface area contributed by atoms with Gasteiger partial charge in [0.25, 0.3) is 0 Å². The van der Waals surface area contributed by atoms with Crippen LogP contribution in [0.5, 0.6) is 0 Å². The van der Waals surface area contributed by atoms with E-state index < -0.39 is 52.7 Å². The van der Waals surface area contributed by atoms with Gasteiger partial charge in [0.05, 0.1) is 24.2 Å². The summed E-state index contributed by atoms with van der Waals surface area (Å²) in [4.78, 5) is 70.4. The molecule has 3 aliphatic heterocycles. The second kappa shape index (κ2) is 11.4. The molecule has 3 atom stereocenters. The van der Waals surface area contributed by atoms with E-state index in [1.807, 2.05) is 0 Å². The normalized spacial score (nSPS) is 24.6. The third-order valence-electron chi connectivity index (χ3n) is 8.86. The summed E-state index contributed by atoms with van der Waals surface area (Å²) >= 11 is 0. The lowest BCUT2D eigenvalue weighted by Crippen LogP contribution is -2.53. The number of nitrogens with zero attached hydrogens (tertiary/aromatic N) is 2. The molecule has 5 N–H and O–H groups in total. The standard InChI is InChI=1S/C31H31F3N6O6/c32-31(33,34)19-6-4-17(5-7-19)12-25(42)40-16-29(15-23(40)27(44)38-30(10-11-30)28(35)45)14-22(39-46-29)18-2-1-3-20(13-18)36-26(43)21-8-9-24(41)37-21/h1-7,13,21,23H,8-12,14-16H2,(H2,35,45)(H,36,43)(H,37,41)(H,38,44)/t21-,23-,29?/m0/s1. The van der Waals surface area contributed by atoms with Crippen LogP contribution in [0.4, 0.5) is 18.9 Å². The van der Waals surface area contributed by atoms with E-state index in [1.54, 1.807) is 24.3 Å². The quantitative estimate of drug-likeness (QED) is 0.342. The van der Waals surface area contributed by atoms with E-state index in [-0.39, 0.29) is 44.0 Å². The molecule has 0 radical (unpaired) electrons. The highest BCUT2D eigenvalue weighted by molar-refractivity contribution is 6.04. The molecule has 242 valence electrons. The number of hydrogen-bond acceptors (Lipinski definition) is 7. The molecule has 6 rings (SSSR count). The van der Waals surface area contributed by atoms with Crippen LogP contribution in [0.2, 0.25) is 0 Å². The van der Waals surface area contributed by atoms with E-state index in [4.69, 9.17) is 10.6 Å². The third kappa shape index (κ3) is 6.26. The van der Waals surface area contributed by atoms with Crippen LogP contribution < -0.4 is 21.7 Å². The first-order valence-electron chi connectivity index (χ1n) is 14.8. The van der Waals surface area contributed by atoms with Gasteiger partial charge >= 0.3 is 6.18 Å². The number of halogens is 3. The Morgan fingerprint density at radius 2 is 1.83 bits per heavy atom. The van der Waals surface area contributed by atoms with Gasteiger partial charge in [0.15, 0.2) is 5.60 Å². The van der Waals surface area contributed by atoms with Crippen LogP contribution in [0, 0.1) is 0 Å². The molecule has 15 heteroatoms. The number of nitrogens with two attached hydrogens (primary N) is 1. The lowest BCUT2D eigenvalue weighted by atomic mass is 9.91. The number of likely N-dealkylation sites (tertiary alicyclic amines) is 1. The molecular formula is C31H31F3N6O6. The van der Waals surface area contributed by atoms with Crippen molar-refractivity contribution in [3.8, 4) is 0 Å². The van der Waals surface area contributed by atoms with E-state index in [2.05, 4.69) is 21.1 Å². The predicted molar refractivity (Wildman–Crippen MR) is 156 cm³/mol. The van der Waals surface area contributed by atoms with Gasteiger partial charge in [0, 0.05) is 30.5 Å². The lowest BCUT2D eigenvalue weighted by molar-refractivity contribution is -0.139. The molecule has 0 bridgehead atoms. The zero-order valence-corrected chi connectivity index (χ0v) is 24.5. The fraction of sp³-hybridized carbons (Fsp3) is 0.419. The van der Waals surface area contributed by atoms with Gasteiger partial charge < -0.3 is 31.4 Å². The Hall–Kier alpha value is -4.95. The van der Waals surface area contributed by atoms with Crippen LogP contribution in [0.25, 0.3) is 0 Å². The molecule has 2 aromatic rings. The molecule has 3 heterocycles. The van der Waals surface area contributed by atoms with Crippen LogP contribution in [-0.4, -0.2) is 69.9 Å². The van der Waals surface area contributed by atoms with Crippen molar-refractivity contribution in [1.29, 1.82) is 0 Å². The minimum Gasteiger partial charge on any atom is -0.387 e. The fourth-order valence-corrected chi connectivity index (χ4v) is 6.10. The third-order valence-corrected chi connectivity index (χ3v) is 8.86. The average molecular weight is 641 g/mol. The second-order valence-corrected chi connectivity index (χ2v) is 12.3. The number of hydrogen-bond donors (Lipinski definition) is 4. The van der Waals surface area contributed by atoms with Gasteiger partial charge in [-0.2, -0.15) is 13.2 Å². The fourth-order valence-electron chi connectivity index (χ4n) is 6.10. The van der Waals surface area contributed by atoms with Crippen molar-refractivity contribution in [2.24, 2.45) is 10.9 Å². The zero-order valence-electron chi connectivity index (χ0n) is 24.5. The highest BCUT2D eigenvalue weighted by Crippen LogP contribution is 2.41. The van der Waals surface area contributed by atoms with E-state index in [0.29, 0.717) is 41.8 Å². The summed E-state index contributed by atoms with van der Waals surface area (Å²) in [6, 6.07) is 9.41. The number of carbonyl (C=O) groups excluding carboxylic acids is 5. The average Bonchev–Trinajstić information content (AvgIpc) is 3.31. The smallest absolute Gasteiger partial charge is 0.387 e. The van der Waals surface area contributed by atoms with Crippen molar-refractivity contribution in [3.05, 3.63) is 65.2 Å². The maximum absolute atomic E-state index is 13.6. The van der Waals surface area contributed by atoms with Crippen molar-refractivity contribution in [3.63, 3.8) is 0 Å². The van der Waals surface area contributed by atoms with Gasteiger partial charge in [-0.05, 0) is 49.1 Å². The van der Waals surface area contributed by atoms with Crippen molar-refractivity contribution >= 4 is 40.9 Å². The van der Waals surface area contributed by atoms with E-state index >= 15 is 0 Å². The Labute approximate surface area is 260 Å². The number of oxime groups is 1. The van der Waals surface area contributed by atoms with Gasteiger partial charge in [0.2, 0.25) is 29.5 Å². The van der Waals surface area contributed by atoms with Crippen LogP contribution >= 0.6 is 0 Å². The van der Waals surface area contributed by atoms with Gasteiger partial charge in [-0.1, -0.05) is 29.4 Å². The first-order valence-corrected chi connectivity index (χ1v) is 14.8. The van der Waals surface area contributed by atoms with Crippen LogP contribution in [0.1, 0.15) is 55.2 Å². The molecule has 1 unspecified atom stereocenters. The topological polar surface area (TPSA) is 172 Å². The summed E-state index contributed by atoms with van der Waals surface area (Å²) in [6.45, 7) is -0.0427. The highest BCUT2D eigenvalue weighted by Gasteiger charge is 2.56. The summed E-state index contributed by atoms with van der Waals surface area (Å²) in [7, 11) is 0. The predicted octanol–water partition coefficient (Wildman–Crippen LogP) is 1.76. The second-order valence-electron chi connectivity index (χ2n) is 12.3. The highest BCUT2D eigenvalue weighted by atomic mass is 19.4.